The van der Waals surface area contributed by atoms with E-state index in [1.807, 2.05) is 18.2 Å². The van der Waals surface area contributed by atoms with E-state index < -0.39 is 10.2 Å². The van der Waals surface area contributed by atoms with Gasteiger partial charge < -0.3 is 4.98 Å². The van der Waals surface area contributed by atoms with Crippen LogP contribution in [0.2, 0.25) is 0 Å². The number of aromatic amines is 1. The van der Waals surface area contributed by atoms with Gasteiger partial charge in [-0.15, -0.1) is 0 Å². The van der Waals surface area contributed by atoms with Crippen molar-refractivity contribution in [3.05, 3.63) is 46.2 Å². The number of pyridine rings is 1. The average Bonchev–Trinajstić information content (AvgIpc) is 2.34. The Morgan fingerprint density at radius 2 is 1.95 bits per heavy atom. The molecule has 0 radical (unpaired) electrons. The van der Waals surface area contributed by atoms with Crippen LogP contribution < -0.4 is 15.0 Å². The van der Waals surface area contributed by atoms with E-state index >= 15 is 0 Å². The molecule has 0 saturated heterocycles. The minimum absolute atomic E-state index is 0.0534. The molecule has 2 rings (SSSR count). The second-order valence-corrected chi connectivity index (χ2v) is 6.34. The number of hydrogen-bond acceptors (Lipinski definition) is 3. The van der Waals surface area contributed by atoms with Gasteiger partial charge in [0, 0.05) is 23.7 Å². The number of H-pyrrole nitrogens is 1. The fourth-order valence-electron chi connectivity index (χ4n) is 1.85. The van der Waals surface area contributed by atoms with Crippen molar-refractivity contribution in [1.82, 2.24) is 14.4 Å². The molecule has 0 aliphatic carbocycles. The predicted octanol–water partition coefficient (Wildman–Crippen LogP) is 0.860. The van der Waals surface area contributed by atoms with Crippen LogP contribution in [0.4, 0.5) is 0 Å². The zero-order valence-electron chi connectivity index (χ0n) is 11.3. The summed E-state index contributed by atoms with van der Waals surface area (Å²) in [4.78, 5) is 14.6. The maximum absolute atomic E-state index is 11.9. The van der Waals surface area contributed by atoms with Gasteiger partial charge in [0.2, 0.25) is 0 Å². The van der Waals surface area contributed by atoms with Crippen molar-refractivity contribution in [3.8, 4) is 0 Å². The van der Waals surface area contributed by atoms with Gasteiger partial charge in [0.25, 0.3) is 15.8 Å². The van der Waals surface area contributed by atoms with Gasteiger partial charge in [0.15, 0.2) is 0 Å². The van der Waals surface area contributed by atoms with E-state index in [0.717, 1.165) is 10.9 Å². The molecule has 1 aromatic carbocycles. The zero-order chi connectivity index (χ0) is 14.8. The summed E-state index contributed by atoms with van der Waals surface area (Å²) >= 11 is 0. The van der Waals surface area contributed by atoms with Gasteiger partial charge in [-0.2, -0.15) is 17.9 Å². The van der Waals surface area contributed by atoms with Crippen molar-refractivity contribution < 1.29 is 8.42 Å². The largest absolute Gasteiger partial charge is 0.322 e. The molecule has 7 heteroatoms. The second kappa shape index (κ2) is 5.74. The molecule has 0 aliphatic rings. The Morgan fingerprint density at radius 1 is 1.25 bits per heavy atom. The molecule has 1 heterocycles. The highest BCUT2D eigenvalue weighted by Gasteiger charge is 2.12. The van der Waals surface area contributed by atoms with Crippen LogP contribution in [0.15, 0.2) is 35.1 Å². The van der Waals surface area contributed by atoms with E-state index in [1.165, 1.54) is 0 Å². The third-order valence-electron chi connectivity index (χ3n) is 2.67. The van der Waals surface area contributed by atoms with Crippen LogP contribution in [0.25, 0.3) is 10.9 Å². The molecule has 108 valence electrons. The van der Waals surface area contributed by atoms with Crippen molar-refractivity contribution in [1.29, 1.82) is 0 Å². The first-order valence-electron chi connectivity index (χ1n) is 6.25. The van der Waals surface area contributed by atoms with Crippen LogP contribution >= 0.6 is 0 Å². The predicted molar refractivity (Wildman–Crippen MR) is 78.6 cm³/mol. The highest BCUT2D eigenvalue weighted by molar-refractivity contribution is 7.87. The van der Waals surface area contributed by atoms with E-state index in [-0.39, 0.29) is 18.1 Å². The van der Waals surface area contributed by atoms with E-state index in [0.29, 0.717) is 5.56 Å². The second-order valence-electron chi connectivity index (χ2n) is 4.81. The summed E-state index contributed by atoms with van der Waals surface area (Å²) < 4.78 is 28.1. The van der Waals surface area contributed by atoms with E-state index in [4.69, 9.17) is 0 Å². The number of rotatable bonds is 5. The summed E-state index contributed by atoms with van der Waals surface area (Å²) in [6, 6.07) is 8.82. The summed E-state index contributed by atoms with van der Waals surface area (Å²) in [6.07, 6.45) is 0. The number of para-hydroxylation sites is 1. The van der Waals surface area contributed by atoms with Gasteiger partial charge in [-0.05, 0) is 31.4 Å². The summed E-state index contributed by atoms with van der Waals surface area (Å²) in [5.41, 5.74) is 0.804. The Morgan fingerprint density at radius 3 is 2.65 bits per heavy atom. The third kappa shape index (κ3) is 3.66. The van der Waals surface area contributed by atoms with Crippen LogP contribution in [0.3, 0.4) is 0 Å². The molecule has 0 aliphatic heterocycles. The quantitative estimate of drug-likeness (QED) is 0.764. The van der Waals surface area contributed by atoms with E-state index in [2.05, 4.69) is 14.4 Å². The highest BCUT2D eigenvalue weighted by Crippen LogP contribution is 2.09. The standard InChI is InChI=1S/C13H17N3O3S/c1-9(2)16-20(18,19)14-8-11-7-10-5-3-4-6-12(10)15-13(11)17/h3-7,9,14,16H,8H2,1-2H3,(H,15,17). The molecule has 0 amide bonds. The Balaban J connectivity index is 2.22. The van der Waals surface area contributed by atoms with Gasteiger partial charge in [-0.25, -0.2) is 0 Å². The van der Waals surface area contributed by atoms with Crippen LogP contribution in [0.5, 0.6) is 0 Å². The minimum atomic E-state index is -3.60. The SMILES string of the molecule is CC(C)NS(=O)(=O)NCc1cc2ccccc2[nH]c1=O. The molecule has 0 bridgehead atoms. The lowest BCUT2D eigenvalue weighted by atomic mass is 10.1. The van der Waals surface area contributed by atoms with E-state index in [9.17, 15) is 13.2 Å². The lowest BCUT2D eigenvalue weighted by molar-refractivity contribution is 0.554. The van der Waals surface area contributed by atoms with Crippen molar-refractivity contribution in [2.24, 2.45) is 0 Å². The molecule has 6 nitrogen and oxygen atoms in total. The number of benzene rings is 1. The number of nitrogens with one attached hydrogen (secondary N) is 3. The topological polar surface area (TPSA) is 91.1 Å². The van der Waals surface area contributed by atoms with Gasteiger partial charge in [0.05, 0.1) is 0 Å². The highest BCUT2D eigenvalue weighted by atomic mass is 32.2. The lowest BCUT2D eigenvalue weighted by Crippen LogP contribution is -2.40. The molecule has 0 spiro atoms. The first-order valence-corrected chi connectivity index (χ1v) is 7.73. The van der Waals surface area contributed by atoms with Crippen LogP contribution in [-0.2, 0) is 16.8 Å². The number of aromatic nitrogens is 1. The molecular weight excluding hydrogens is 278 g/mol. The molecule has 0 atom stereocenters. The summed E-state index contributed by atoms with van der Waals surface area (Å²) in [6.45, 7) is 3.40. The molecular formula is C13H17N3O3S. The summed E-state index contributed by atoms with van der Waals surface area (Å²) in [5, 5.41) is 0.859. The smallest absolute Gasteiger partial charge is 0.277 e. The molecule has 3 N–H and O–H groups in total. The van der Waals surface area contributed by atoms with Crippen molar-refractivity contribution in [2.75, 3.05) is 0 Å². The molecule has 20 heavy (non-hydrogen) atoms. The maximum atomic E-state index is 11.9. The number of hydrogen-bond donors (Lipinski definition) is 3. The summed E-state index contributed by atoms with van der Waals surface area (Å²) in [7, 11) is -3.60. The first-order chi connectivity index (χ1) is 9.37. The Labute approximate surface area is 117 Å². The molecule has 0 fully saturated rings. The molecule has 1 aromatic heterocycles. The van der Waals surface area contributed by atoms with Crippen molar-refractivity contribution >= 4 is 21.1 Å². The summed E-state index contributed by atoms with van der Waals surface area (Å²) in [5.74, 6) is 0. The minimum Gasteiger partial charge on any atom is -0.322 e. The maximum Gasteiger partial charge on any atom is 0.277 e. The first kappa shape index (κ1) is 14.7. The fraction of sp³-hybridized carbons (Fsp3) is 0.308. The Hall–Kier alpha value is -1.70. The van der Waals surface area contributed by atoms with E-state index in [1.54, 1.807) is 26.0 Å². The fourth-order valence-corrected chi connectivity index (χ4v) is 2.90. The third-order valence-corrected chi connectivity index (χ3v) is 3.98. The van der Waals surface area contributed by atoms with Crippen LogP contribution in [0.1, 0.15) is 19.4 Å². The molecule has 2 aromatic rings. The van der Waals surface area contributed by atoms with Gasteiger partial charge in [-0.1, -0.05) is 18.2 Å². The van der Waals surface area contributed by atoms with Crippen molar-refractivity contribution in [3.63, 3.8) is 0 Å². The normalized spacial score (nSPS) is 12.2. The lowest BCUT2D eigenvalue weighted by Gasteiger charge is -2.10. The van der Waals surface area contributed by atoms with Gasteiger partial charge in [0.1, 0.15) is 0 Å². The molecule has 0 saturated carbocycles. The Bertz CT molecular complexity index is 766. The molecule has 0 unspecified atom stereocenters. The average molecular weight is 295 g/mol. The van der Waals surface area contributed by atoms with Crippen molar-refractivity contribution in [2.45, 2.75) is 26.4 Å². The Kier molecular flexibility index (Phi) is 4.22. The monoisotopic (exact) mass is 295 g/mol. The van der Waals surface area contributed by atoms with Crippen LogP contribution in [0, 0.1) is 0 Å². The number of fused-ring (bicyclic) bond motifs is 1. The van der Waals surface area contributed by atoms with Crippen LogP contribution in [-0.4, -0.2) is 19.4 Å². The zero-order valence-corrected chi connectivity index (χ0v) is 12.1. The van der Waals surface area contributed by atoms with Gasteiger partial charge >= 0.3 is 0 Å². The van der Waals surface area contributed by atoms with Gasteiger partial charge in [-0.3, -0.25) is 4.79 Å².